The minimum absolute atomic E-state index is 0.611. The van der Waals surface area contributed by atoms with Crippen LogP contribution in [0, 0.1) is 0 Å². The Balaban J connectivity index is 1.87. The lowest BCUT2D eigenvalue weighted by atomic mass is 10.1. The van der Waals surface area contributed by atoms with Crippen molar-refractivity contribution in [3.63, 3.8) is 0 Å². The summed E-state index contributed by atoms with van der Waals surface area (Å²) in [5, 5.41) is 6.54. The first kappa shape index (κ1) is 13.9. The Bertz CT molecular complexity index is 622. The molecule has 3 rings (SSSR count). The summed E-state index contributed by atoms with van der Waals surface area (Å²) in [5.41, 5.74) is 2.18. The van der Waals surface area contributed by atoms with Crippen molar-refractivity contribution >= 4 is 22.5 Å². The number of rotatable bonds is 3. The second kappa shape index (κ2) is 5.35. The molecule has 0 spiro atoms. The number of likely N-dealkylation sites (tertiary alicyclic amines) is 1. The molecule has 0 saturated carbocycles. The van der Waals surface area contributed by atoms with Crippen LogP contribution in [0.5, 0.6) is 0 Å². The monoisotopic (exact) mass is 292 g/mol. The van der Waals surface area contributed by atoms with Gasteiger partial charge in [-0.25, -0.2) is 0 Å². The Morgan fingerprint density at radius 2 is 2.20 bits per heavy atom. The first-order valence-electron chi connectivity index (χ1n) is 7.05. The highest BCUT2D eigenvalue weighted by atomic mass is 35.5. The van der Waals surface area contributed by atoms with Gasteiger partial charge in [0.2, 0.25) is 0 Å². The Labute approximate surface area is 124 Å². The van der Waals surface area contributed by atoms with Gasteiger partial charge in [-0.2, -0.15) is 5.10 Å². The van der Waals surface area contributed by atoms with Crippen molar-refractivity contribution < 1.29 is 0 Å². The molecule has 0 bridgehead atoms. The van der Waals surface area contributed by atoms with Crippen molar-refractivity contribution in [1.29, 1.82) is 0 Å². The minimum atomic E-state index is 0.611. The van der Waals surface area contributed by atoms with E-state index in [2.05, 4.69) is 35.1 Å². The van der Waals surface area contributed by atoms with Crippen LogP contribution in [0.15, 0.2) is 18.2 Å². The van der Waals surface area contributed by atoms with Gasteiger partial charge in [0.05, 0.1) is 16.2 Å². The molecule has 1 aromatic heterocycles. The van der Waals surface area contributed by atoms with Gasteiger partial charge in [0.1, 0.15) is 0 Å². The topological polar surface area (TPSA) is 24.3 Å². The number of nitrogens with zero attached hydrogens (tertiary/aromatic N) is 4. The summed E-state index contributed by atoms with van der Waals surface area (Å²) in [4.78, 5) is 4.78. The summed E-state index contributed by atoms with van der Waals surface area (Å²) >= 11 is 6.36. The van der Waals surface area contributed by atoms with Crippen LogP contribution in [0.25, 0.3) is 10.9 Å². The molecule has 1 aliphatic rings. The van der Waals surface area contributed by atoms with Gasteiger partial charge < -0.3 is 4.90 Å². The van der Waals surface area contributed by atoms with Crippen LogP contribution in [-0.2, 0) is 13.6 Å². The molecular formula is C15H21ClN4. The maximum Gasteiger partial charge on any atom is 0.0858 e. The third-order valence-corrected chi connectivity index (χ3v) is 4.60. The Kier molecular flexibility index (Phi) is 3.71. The highest BCUT2D eigenvalue weighted by Crippen LogP contribution is 2.27. The number of halogens is 1. The fourth-order valence-electron chi connectivity index (χ4n) is 3.10. The fourth-order valence-corrected chi connectivity index (χ4v) is 3.38. The molecule has 108 valence electrons. The van der Waals surface area contributed by atoms with E-state index in [9.17, 15) is 0 Å². The largest absolute Gasteiger partial charge is 0.305 e. The molecule has 1 atom stereocenters. The van der Waals surface area contributed by atoms with Crippen molar-refractivity contribution in [2.24, 2.45) is 7.05 Å². The summed E-state index contributed by atoms with van der Waals surface area (Å²) in [7, 11) is 6.34. The first-order valence-corrected chi connectivity index (χ1v) is 7.43. The Morgan fingerprint density at radius 1 is 1.40 bits per heavy atom. The van der Waals surface area contributed by atoms with Crippen molar-refractivity contribution in [1.82, 2.24) is 19.6 Å². The zero-order valence-corrected chi connectivity index (χ0v) is 13.1. The number of likely N-dealkylation sites (N-methyl/N-ethyl adjacent to an activating group) is 2. The molecule has 1 saturated heterocycles. The van der Waals surface area contributed by atoms with Crippen molar-refractivity contribution in [2.45, 2.75) is 19.0 Å². The average Bonchev–Trinajstić information content (AvgIpc) is 2.96. The van der Waals surface area contributed by atoms with Crippen LogP contribution < -0.4 is 0 Å². The molecule has 1 aliphatic heterocycles. The quantitative estimate of drug-likeness (QED) is 0.868. The SMILES string of the molecule is CN1CC[C@@H](N(C)Cc2nn(C)c3cccc(Cl)c23)C1. The Hall–Kier alpha value is -1.10. The van der Waals surface area contributed by atoms with E-state index in [0.29, 0.717) is 6.04 Å². The fraction of sp³-hybridized carbons (Fsp3) is 0.533. The van der Waals surface area contributed by atoms with Gasteiger partial charge in [0, 0.05) is 31.6 Å². The van der Waals surface area contributed by atoms with E-state index in [0.717, 1.165) is 34.7 Å². The molecule has 20 heavy (non-hydrogen) atoms. The van der Waals surface area contributed by atoms with Crippen molar-refractivity contribution in [2.75, 3.05) is 27.2 Å². The van der Waals surface area contributed by atoms with Crippen LogP contribution in [0.2, 0.25) is 5.02 Å². The smallest absolute Gasteiger partial charge is 0.0858 e. The highest BCUT2D eigenvalue weighted by molar-refractivity contribution is 6.35. The summed E-state index contributed by atoms with van der Waals surface area (Å²) < 4.78 is 1.92. The van der Waals surface area contributed by atoms with E-state index < -0.39 is 0 Å². The summed E-state index contributed by atoms with van der Waals surface area (Å²) in [6.45, 7) is 3.16. The van der Waals surface area contributed by atoms with Gasteiger partial charge in [-0.3, -0.25) is 9.58 Å². The highest BCUT2D eigenvalue weighted by Gasteiger charge is 2.24. The van der Waals surface area contributed by atoms with Crippen LogP contribution in [0.4, 0.5) is 0 Å². The number of fused-ring (bicyclic) bond motifs is 1. The standard InChI is InChI=1S/C15H21ClN4/c1-18-8-7-11(9-18)19(2)10-13-15-12(16)5-4-6-14(15)20(3)17-13/h4-6,11H,7-10H2,1-3H3/t11-/m1/s1. The molecule has 0 amide bonds. The number of hydrogen-bond donors (Lipinski definition) is 0. The summed E-state index contributed by atoms with van der Waals surface area (Å²) in [6.07, 6.45) is 1.23. The lowest BCUT2D eigenvalue weighted by molar-refractivity contribution is 0.232. The zero-order chi connectivity index (χ0) is 14.3. The molecule has 2 aromatic rings. The predicted molar refractivity (Wildman–Crippen MR) is 83.1 cm³/mol. The van der Waals surface area contributed by atoms with Crippen LogP contribution in [0.1, 0.15) is 12.1 Å². The maximum absolute atomic E-state index is 6.36. The predicted octanol–water partition coefficient (Wildman–Crippen LogP) is 2.36. The van der Waals surface area contributed by atoms with E-state index in [1.807, 2.05) is 23.9 Å². The van der Waals surface area contributed by atoms with Gasteiger partial charge >= 0.3 is 0 Å². The average molecular weight is 293 g/mol. The van der Waals surface area contributed by atoms with Gasteiger partial charge in [-0.05, 0) is 39.2 Å². The second-order valence-corrected chi connectivity index (χ2v) is 6.23. The van der Waals surface area contributed by atoms with E-state index in [1.165, 1.54) is 13.0 Å². The van der Waals surface area contributed by atoms with Crippen molar-refractivity contribution in [3.8, 4) is 0 Å². The molecule has 0 unspecified atom stereocenters. The number of hydrogen-bond acceptors (Lipinski definition) is 3. The zero-order valence-electron chi connectivity index (χ0n) is 12.3. The lowest BCUT2D eigenvalue weighted by Gasteiger charge is -2.23. The molecule has 0 aliphatic carbocycles. The van der Waals surface area contributed by atoms with E-state index >= 15 is 0 Å². The van der Waals surface area contributed by atoms with Crippen LogP contribution in [0.3, 0.4) is 0 Å². The van der Waals surface area contributed by atoms with E-state index in [4.69, 9.17) is 11.6 Å². The molecule has 1 fully saturated rings. The van der Waals surface area contributed by atoms with Crippen LogP contribution >= 0.6 is 11.6 Å². The Morgan fingerprint density at radius 3 is 2.90 bits per heavy atom. The minimum Gasteiger partial charge on any atom is -0.305 e. The normalized spacial score (nSPS) is 20.4. The van der Waals surface area contributed by atoms with Gasteiger partial charge in [-0.1, -0.05) is 17.7 Å². The molecule has 0 N–H and O–H groups in total. The number of benzene rings is 1. The van der Waals surface area contributed by atoms with Gasteiger partial charge in [0.25, 0.3) is 0 Å². The molecule has 2 heterocycles. The van der Waals surface area contributed by atoms with Gasteiger partial charge in [0.15, 0.2) is 0 Å². The van der Waals surface area contributed by atoms with E-state index in [-0.39, 0.29) is 0 Å². The molecule has 0 radical (unpaired) electrons. The third kappa shape index (κ3) is 2.43. The summed E-state index contributed by atoms with van der Waals surface area (Å²) in [6, 6.07) is 6.60. The van der Waals surface area contributed by atoms with Crippen LogP contribution in [-0.4, -0.2) is 52.8 Å². The summed E-state index contributed by atoms with van der Waals surface area (Å²) in [5.74, 6) is 0. The number of aryl methyl sites for hydroxylation is 1. The van der Waals surface area contributed by atoms with E-state index in [1.54, 1.807) is 0 Å². The molecule has 1 aromatic carbocycles. The first-order chi connectivity index (χ1) is 9.56. The lowest BCUT2D eigenvalue weighted by Crippen LogP contribution is -2.33. The van der Waals surface area contributed by atoms with Crippen molar-refractivity contribution in [3.05, 3.63) is 28.9 Å². The van der Waals surface area contributed by atoms with Gasteiger partial charge in [-0.15, -0.1) is 0 Å². The molecule has 5 heteroatoms. The maximum atomic E-state index is 6.36. The second-order valence-electron chi connectivity index (χ2n) is 5.82. The number of aromatic nitrogens is 2. The molecular weight excluding hydrogens is 272 g/mol. The third-order valence-electron chi connectivity index (χ3n) is 4.29. The molecule has 4 nitrogen and oxygen atoms in total.